The minimum absolute atomic E-state index is 0.401. The summed E-state index contributed by atoms with van der Waals surface area (Å²) in [5.74, 6) is 0. The zero-order valence-electron chi connectivity index (χ0n) is 12.6. The van der Waals surface area contributed by atoms with Gasteiger partial charge in [-0.3, -0.25) is 4.90 Å². The van der Waals surface area contributed by atoms with Gasteiger partial charge in [-0.25, -0.2) is 4.68 Å². The van der Waals surface area contributed by atoms with Crippen LogP contribution in [-0.4, -0.2) is 51.3 Å². The number of tetrazole rings is 1. The third kappa shape index (κ3) is 3.11. The number of hydrogen-bond donors (Lipinski definition) is 1. The molecule has 1 fully saturated rings. The first-order valence-corrected chi connectivity index (χ1v) is 7.52. The lowest BCUT2D eigenvalue weighted by molar-refractivity contribution is 0.149. The minimum atomic E-state index is 0.401. The van der Waals surface area contributed by atoms with E-state index in [0.29, 0.717) is 12.1 Å². The van der Waals surface area contributed by atoms with Crippen LogP contribution >= 0.6 is 0 Å². The molecule has 0 amide bonds. The maximum atomic E-state index is 3.96. The molecule has 6 heteroatoms. The van der Waals surface area contributed by atoms with E-state index < -0.39 is 0 Å². The van der Waals surface area contributed by atoms with Crippen LogP contribution in [0.4, 0.5) is 0 Å². The van der Waals surface area contributed by atoms with Gasteiger partial charge < -0.3 is 5.32 Å². The van der Waals surface area contributed by atoms with Crippen molar-refractivity contribution in [1.29, 1.82) is 0 Å². The Bertz CT molecular complexity index is 567. The molecule has 1 N–H and O–H groups in total. The molecule has 6 nitrogen and oxygen atoms in total. The van der Waals surface area contributed by atoms with Gasteiger partial charge in [0.2, 0.25) is 0 Å². The van der Waals surface area contributed by atoms with Gasteiger partial charge >= 0.3 is 0 Å². The maximum absolute atomic E-state index is 3.96. The van der Waals surface area contributed by atoms with E-state index in [1.807, 2.05) is 6.07 Å². The average molecular weight is 286 g/mol. The first-order chi connectivity index (χ1) is 10.3. The van der Waals surface area contributed by atoms with Crippen molar-refractivity contribution in [2.45, 2.75) is 31.8 Å². The topological polar surface area (TPSA) is 58.9 Å². The molecule has 0 aliphatic carbocycles. The van der Waals surface area contributed by atoms with E-state index in [4.69, 9.17) is 0 Å². The van der Waals surface area contributed by atoms with Crippen LogP contribution in [0, 0.1) is 0 Å². The fourth-order valence-corrected chi connectivity index (χ4v) is 3.01. The van der Waals surface area contributed by atoms with Crippen LogP contribution in [0.2, 0.25) is 0 Å². The molecule has 3 rings (SSSR count). The quantitative estimate of drug-likeness (QED) is 0.921. The highest BCUT2D eigenvalue weighted by molar-refractivity contribution is 5.35. The van der Waals surface area contributed by atoms with Gasteiger partial charge in [0.15, 0.2) is 0 Å². The van der Waals surface area contributed by atoms with Crippen molar-refractivity contribution in [3.8, 4) is 5.69 Å². The molecule has 1 aliphatic rings. The third-order valence-corrected chi connectivity index (χ3v) is 4.37. The fraction of sp³-hybridized carbons (Fsp3) is 0.533. The summed E-state index contributed by atoms with van der Waals surface area (Å²) in [4.78, 5) is 2.55. The molecule has 0 radical (unpaired) electrons. The molecule has 2 heterocycles. The molecule has 0 spiro atoms. The van der Waals surface area contributed by atoms with E-state index in [0.717, 1.165) is 18.8 Å². The molecule has 1 aliphatic heterocycles. The summed E-state index contributed by atoms with van der Waals surface area (Å²) in [6, 6.07) is 9.45. The summed E-state index contributed by atoms with van der Waals surface area (Å²) >= 11 is 0. The normalized spacial score (nSPS) is 21.3. The second-order valence-corrected chi connectivity index (χ2v) is 5.65. The highest BCUT2D eigenvalue weighted by atomic mass is 15.5. The van der Waals surface area contributed by atoms with E-state index >= 15 is 0 Å². The number of rotatable bonds is 4. The Labute approximate surface area is 125 Å². The second kappa shape index (κ2) is 6.32. The lowest BCUT2D eigenvalue weighted by Crippen LogP contribution is -2.45. The third-order valence-electron chi connectivity index (χ3n) is 4.37. The summed E-state index contributed by atoms with van der Waals surface area (Å²) in [6.07, 6.45) is 4.15. The lowest BCUT2D eigenvalue weighted by Gasteiger charge is -2.37. The number of nitrogens with one attached hydrogen (secondary N) is 1. The SMILES string of the molecule is CNC1CCCN(C(C)c2cccc(-n3cnnn3)c2)C1. The van der Waals surface area contributed by atoms with Crippen molar-refractivity contribution >= 4 is 0 Å². The summed E-state index contributed by atoms with van der Waals surface area (Å²) in [7, 11) is 2.05. The number of hydrogen-bond acceptors (Lipinski definition) is 5. The molecular formula is C15H22N6. The van der Waals surface area contributed by atoms with Crippen molar-refractivity contribution in [3.05, 3.63) is 36.2 Å². The largest absolute Gasteiger partial charge is 0.316 e. The number of likely N-dealkylation sites (tertiary alicyclic amines) is 1. The molecule has 1 saturated heterocycles. The van der Waals surface area contributed by atoms with E-state index in [-0.39, 0.29) is 0 Å². The Balaban J connectivity index is 1.78. The van der Waals surface area contributed by atoms with Crippen LogP contribution in [0.25, 0.3) is 5.69 Å². The summed E-state index contributed by atoms with van der Waals surface area (Å²) in [6.45, 7) is 4.54. The Morgan fingerprint density at radius 1 is 1.38 bits per heavy atom. The summed E-state index contributed by atoms with van der Waals surface area (Å²) in [5.41, 5.74) is 2.31. The molecular weight excluding hydrogens is 264 g/mol. The van der Waals surface area contributed by atoms with Crippen LogP contribution in [0.5, 0.6) is 0 Å². The number of nitrogens with zero attached hydrogens (tertiary/aromatic N) is 5. The van der Waals surface area contributed by atoms with Gasteiger partial charge in [-0.15, -0.1) is 5.10 Å². The van der Waals surface area contributed by atoms with Crippen molar-refractivity contribution in [3.63, 3.8) is 0 Å². The monoisotopic (exact) mass is 286 g/mol. The summed E-state index contributed by atoms with van der Waals surface area (Å²) < 4.78 is 1.70. The molecule has 1 aromatic carbocycles. The van der Waals surface area contributed by atoms with E-state index in [2.05, 4.69) is 57.9 Å². The zero-order valence-corrected chi connectivity index (χ0v) is 12.6. The highest BCUT2D eigenvalue weighted by Gasteiger charge is 2.23. The molecule has 1 aromatic heterocycles. The van der Waals surface area contributed by atoms with Crippen molar-refractivity contribution in [1.82, 2.24) is 30.4 Å². The number of aromatic nitrogens is 4. The predicted molar refractivity (Wildman–Crippen MR) is 81.2 cm³/mol. The molecule has 21 heavy (non-hydrogen) atoms. The van der Waals surface area contributed by atoms with Gasteiger partial charge in [0.05, 0.1) is 5.69 Å². The molecule has 0 saturated carbocycles. The van der Waals surface area contributed by atoms with Crippen molar-refractivity contribution in [2.24, 2.45) is 0 Å². The van der Waals surface area contributed by atoms with Crippen LogP contribution in [0.1, 0.15) is 31.4 Å². The van der Waals surface area contributed by atoms with Crippen LogP contribution in [0.15, 0.2) is 30.6 Å². The van der Waals surface area contributed by atoms with Crippen molar-refractivity contribution in [2.75, 3.05) is 20.1 Å². The number of likely N-dealkylation sites (N-methyl/N-ethyl adjacent to an activating group) is 1. The predicted octanol–water partition coefficient (Wildman–Crippen LogP) is 1.41. The van der Waals surface area contributed by atoms with Gasteiger partial charge in [0, 0.05) is 18.6 Å². The highest BCUT2D eigenvalue weighted by Crippen LogP contribution is 2.25. The van der Waals surface area contributed by atoms with Gasteiger partial charge in [-0.2, -0.15) is 0 Å². The zero-order chi connectivity index (χ0) is 14.7. The lowest BCUT2D eigenvalue weighted by atomic mass is 10.00. The van der Waals surface area contributed by atoms with Crippen LogP contribution in [0.3, 0.4) is 0 Å². The Morgan fingerprint density at radius 2 is 2.29 bits per heavy atom. The van der Waals surface area contributed by atoms with Gasteiger partial charge in [-0.1, -0.05) is 12.1 Å². The van der Waals surface area contributed by atoms with Crippen LogP contribution in [-0.2, 0) is 0 Å². The van der Waals surface area contributed by atoms with Crippen LogP contribution < -0.4 is 5.32 Å². The smallest absolute Gasteiger partial charge is 0.143 e. The second-order valence-electron chi connectivity index (χ2n) is 5.65. The van der Waals surface area contributed by atoms with Gasteiger partial charge in [0.25, 0.3) is 0 Å². The first kappa shape index (κ1) is 14.2. The Morgan fingerprint density at radius 3 is 3.05 bits per heavy atom. The van der Waals surface area contributed by atoms with E-state index in [1.165, 1.54) is 18.4 Å². The standard InChI is InChI=1S/C15H22N6/c1-12(20-8-4-6-14(10-20)16-2)13-5-3-7-15(9-13)21-11-17-18-19-21/h3,5,7,9,11-12,14,16H,4,6,8,10H2,1-2H3. The molecule has 0 bridgehead atoms. The van der Waals surface area contributed by atoms with Crippen molar-refractivity contribution < 1.29 is 0 Å². The van der Waals surface area contributed by atoms with Gasteiger partial charge in [0.1, 0.15) is 6.33 Å². The number of benzene rings is 1. The molecule has 112 valence electrons. The Hall–Kier alpha value is -1.79. The summed E-state index contributed by atoms with van der Waals surface area (Å²) in [5, 5.41) is 14.8. The molecule has 2 aromatic rings. The van der Waals surface area contributed by atoms with E-state index in [1.54, 1.807) is 11.0 Å². The average Bonchev–Trinajstić information content (AvgIpc) is 3.09. The van der Waals surface area contributed by atoms with Gasteiger partial charge in [-0.05, 0) is 61.5 Å². The minimum Gasteiger partial charge on any atom is -0.316 e. The first-order valence-electron chi connectivity index (χ1n) is 7.52. The fourth-order valence-electron chi connectivity index (χ4n) is 3.01. The Kier molecular flexibility index (Phi) is 4.26. The van der Waals surface area contributed by atoms with E-state index in [9.17, 15) is 0 Å². The number of piperidine rings is 1. The maximum Gasteiger partial charge on any atom is 0.143 e. The molecule has 2 unspecified atom stereocenters. The molecule has 2 atom stereocenters.